The Morgan fingerprint density at radius 2 is 1.83 bits per heavy atom. The van der Waals surface area contributed by atoms with Gasteiger partial charge in [-0.2, -0.15) is 0 Å². The van der Waals surface area contributed by atoms with Crippen LogP contribution in [0.1, 0.15) is 110 Å². The molecule has 16 nitrogen and oxygen atoms in total. The van der Waals surface area contributed by atoms with Crippen molar-refractivity contribution in [3.63, 3.8) is 0 Å². The molecule has 6 atom stereocenters. The monoisotopic (exact) mass is 929 g/mol. The Morgan fingerprint density at radius 3 is 2.57 bits per heavy atom. The first-order valence-corrected chi connectivity index (χ1v) is 25.4. The summed E-state index contributed by atoms with van der Waals surface area (Å²) in [6, 6.07) is 4.35. The zero-order valence-electron chi connectivity index (χ0n) is 37.2. The van der Waals surface area contributed by atoms with E-state index < -0.39 is 74.8 Å². The van der Waals surface area contributed by atoms with Crippen molar-refractivity contribution in [3.05, 3.63) is 41.8 Å². The number of benzene rings is 1. The highest BCUT2D eigenvalue weighted by molar-refractivity contribution is 7.91. The van der Waals surface area contributed by atoms with Gasteiger partial charge in [-0.25, -0.2) is 23.2 Å². The zero-order valence-corrected chi connectivity index (χ0v) is 38.8. The lowest BCUT2D eigenvalue weighted by molar-refractivity contribution is -0.143. The summed E-state index contributed by atoms with van der Waals surface area (Å²) in [5, 5.41) is 11.8. The highest BCUT2D eigenvalue weighted by atomic mass is 32.2. The number of sulfonamides is 1. The van der Waals surface area contributed by atoms with Crippen LogP contribution in [0.5, 0.6) is 11.5 Å². The molecule has 2 aliphatic heterocycles. The first-order chi connectivity index (χ1) is 31.3. The number of rotatable bonds is 13. The zero-order chi connectivity index (χ0) is 45.9. The van der Waals surface area contributed by atoms with Gasteiger partial charge in [-0.05, 0) is 96.6 Å². The molecule has 18 heteroatoms. The van der Waals surface area contributed by atoms with E-state index in [9.17, 15) is 18.0 Å². The Balaban J connectivity index is 1.18. The molecule has 8 rings (SSSR count). The summed E-state index contributed by atoms with van der Waals surface area (Å²) in [5.74, 6) is 1.27. The van der Waals surface area contributed by atoms with Crippen LogP contribution < -0.4 is 30.1 Å². The van der Waals surface area contributed by atoms with Crippen molar-refractivity contribution in [3.8, 4) is 35.2 Å². The molecular formula is C47H59N7O9S2. The molecule has 0 spiro atoms. The molecule has 3 saturated carbocycles. The number of alkyl carbamates (subject to hydrolysis) is 1. The number of anilines is 1. The number of fused-ring (bicyclic) bond motifs is 3. The number of terminal acetylenes is 1. The topological polar surface area (TPSA) is 207 Å². The van der Waals surface area contributed by atoms with Crippen LogP contribution in [0.3, 0.4) is 0 Å². The van der Waals surface area contributed by atoms with Crippen LogP contribution in [0.2, 0.25) is 0 Å². The third-order valence-electron chi connectivity index (χ3n) is 13.0. The number of allylic oxidation sites excluding steroid dienone is 1. The molecule has 4 fully saturated rings. The second-order valence-corrected chi connectivity index (χ2v) is 21.0. The molecule has 0 bridgehead atoms. The molecule has 4 unspecified atom stereocenters. The van der Waals surface area contributed by atoms with Gasteiger partial charge in [0.05, 0.1) is 29.6 Å². The molecule has 65 heavy (non-hydrogen) atoms. The number of hydrogen-bond donors (Lipinski definition) is 4. The first kappa shape index (κ1) is 46.1. The standard InChI is InChI=1S/C47H59N7O9S2/c1-5-6-18-38-41(63-40-24-36(37-27-64-45(50-37)48-28(2)3)49-35-23-31(61-4)19-22-33(35)40)25-39-42(55)52-47(44(57)53-65(59,60)32-20-21-32)26-29(47)14-10-8-7-9-11-17-34(43(56)54(38)39)51-46(58)62-30-15-12-13-16-30/h1,10,14,19,22-24,27-30,32,34,38-39,41H,6-9,11-13,15-18,20-21,25-26H2,2-4H3,(H,48,50)(H,51,58)(H,52,55)(H,53,57)/b14-10-/t29?,34?,38-,39?,41+,47?/m0/s1. The maximum Gasteiger partial charge on any atom is 0.408 e. The number of methoxy groups -OCH3 is 1. The average Bonchev–Trinajstić information content (AvgIpc) is 4.08. The van der Waals surface area contributed by atoms with Crippen molar-refractivity contribution in [2.75, 3.05) is 12.4 Å². The molecule has 2 aromatic heterocycles. The van der Waals surface area contributed by atoms with Gasteiger partial charge in [-0.3, -0.25) is 19.1 Å². The predicted molar refractivity (Wildman–Crippen MR) is 247 cm³/mol. The summed E-state index contributed by atoms with van der Waals surface area (Å²) in [7, 11) is -2.38. The number of nitrogens with zero attached hydrogens (tertiary/aromatic N) is 3. The summed E-state index contributed by atoms with van der Waals surface area (Å²) in [5.41, 5.74) is 0.149. The number of amides is 4. The van der Waals surface area contributed by atoms with Gasteiger partial charge in [-0.1, -0.05) is 25.0 Å². The van der Waals surface area contributed by atoms with Crippen LogP contribution >= 0.6 is 11.3 Å². The molecule has 3 aromatic rings. The molecule has 1 aromatic carbocycles. The van der Waals surface area contributed by atoms with Crippen LogP contribution in [0, 0.1) is 18.3 Å². The minimum absolute atomic E-state index is 0.0148. The van der Waals surface area contributed by atoms with Crippen LogP contribution in [-0.2, 0) is 29.1 Å². The largest absolute Gasteiger partial charge is 0.497 e. The molecule has 1 saturated heterocycles. The number of pyridine rings is 1. The summed E-state index contributed by atoms with van der Waals surface area (Å²) in [4.78, 5) is 69.1. The van der Waals surface area contributed by atoms with Gasteiger partial charge < -0.3 is 35.1 Å². The number of nitrogens with one attached hydrogen (secondary N) is 4. The minimum atomic E-state index is -3.95. The Labute approximate surface area is 384 Å². The molecule has 4 heterocycles. The van der Waals surface area contributed by atoms with E-state index in [-0.39, 0.29) is 44.2 Å². The van der Waals surface area contributed by atoms with Crippen molar-refractivity contribution in [2.45, 2.75) is 157 Å². The van der Waals surface area contributed by atoms with Crippen molar-refractivity contribution in [1.82, 2.24) is 30.2 Å². The van der Waals surface area contributed by atoms with Crippen LogP contribution in [0.4, 0.5) is 9.93 Å². The minimum Gasteiger partial charge on any atom is -0.497 e. The van der Waals surface area contributed by atoms with Crippen LogP contribution in [-0.4, -0.2) is 101 Å². The van der Waals surface area contributed by atoms with Gasteiger partial charge in [0, 0.05) is 47.7 Å². The molecule has 4 N–H and O–H groups in total. The van der Waals surface area contributed by atoms with Crippen LogP contribution in [0.15, 0.2) is 41.8 Å². The quantitative estimate of drug-likeness (QED) is 0.109. The van der Waals surface area contributed by atoms with E-state index >= 15 is 9.59 Å². The number of ether oxygens (including phenoxy) is 3. The fourth-order valence-electron chi connectivity index (χ4n) is 9.32. The normalized spacial score (nSPS) is 26.8. The van der Waals surface area contributed by atoms with E-state index in [1.807, 2.05) is 37.4 Å². The van der Waals surface area contributed by atoms with Crippen molar-refractivity contribution >= 4 is 61.2 Å². The average molecular weight is 930 g/mol. The number of thiazole rings is 1. The summed E-state index contributed by atoms with van der Waals surface area (Å²) in [6.07, 6.45) is 16.0. The third-order valence-corrected chi connectivity index (χ3v) is 15.6. The van der Waals surface area contributed by atoms with Gasteiger partial charge in [0.25, 0.3) is 5.91 Å². The maximum absolute atomic E-state index is 15.3. The van der Waals surface area contributed by atoms with Gasteiger partial charge >= 0.3 is 6.09 Å². The lowest BCUT2D eigenvalue weighted by Crippen LogP contribution is -2.59. The summed E-state index contributed by atoms with van der Waals surface area (Å²) in [6.45, 7) is 4.05. The molecule has 348 valence electrons. The molecule has 0 radical (unpaired) electrons. The van der Waals surface area contributed by atoms with E-state index in [1.54, 1.807) is 25.3 Å². The highest BCUT2D eigenvalue weighted by Gasteiger charge is 2.62. The second-order valence-electron chi connectivity index (χ2n) is 18.2. The number of carbonyl (C=O) groups excluding carboxylic acids is 4. The van der Waals surface area contributed by atoms with Crippen molar-refractivity contribution < 1.29 is 41.8 Å². The lowest BCUT2D eigenvalue weighted by atomic mass is 10.0. The second kappa shape index (κ2) is 19.6. The molecule has 4 amide bonds. The fraction of sp³-hybridized carbons (Fsp3) is 0.574. The summed E-state index contributed by atoms with van der Waals surface area (Å²) >= 11 is 1.45. The number of aromatic nitrogens is 2. The third kappa shape index (κ3) is 10.5. The molecule has 5 aliphatic rings. The van der Waals surface area contributed by atoms with E-state index in [0.29, 0.717) is 59.5 Å². The number of carbonyl (C=O) groups is 4. The Hall–Kier alpha value is -5.41. The Kier molecular flexibility index (Phi) is 13.9. The predicted octanol–water partition coefficient (Wildman–Crippen LogP) is 6.36. The molecular weight excluding hydrogens is 871 g/mol. The van der Waals surface area contributed by atoms with Gasteiger partial charge in [0.15, 0.2) is 5.13 Å². The van der Waals surface area contributed by atoms with E-state index in [0.717, 1.165) is 43.7 Å². The lowest BCUT2D eigenvalue weighted by Gasteiger charge is -2.34. The maximum atomic E-state index is 15.3. The SMILES string of the molecule is C#CCC[C@H]1[C@H](Oc2cc(-c3csc(NC(C)C)n3)nc3cc(OC)ccc23)CC2C(=O)NC3(C(=O)NS(=O)(=O)C4CC4)CC3/C=C\CCCCCC(NC(=O)OC3CCCC3)C(=O)N21. The van der Waals surface area contributed by atoms with Gasteiger partial charge in [0.1, 0.15) is 47.0 Å². The first-order valence-electron chi connectivity index (χ1n) is 22.9. The van der Waals surface area contributed by atoms with Crippen LogP contribution in [0.25, 0.3) is 22.3 Å². The summed E-state index contributed by atoms with van der Waals surface area (Å²) < 4.78 is 46.8. The van der Waals surface area contributed by atoms with E-state index in [4.69, 9.17) is 30.6 Å². The highest BCUT2D eigenvalue weighted by Crippen LogP contribution is 2.47. The Bertz CT molecular complexity index is 2460. The van der Waals surface area contributed by atoms with Crippen molar-refractivity contribution in [1.29, 1.82) is 0 Å². The van der Waals surface area contributed by atoms with E-state index in [2.05, 4.69) is 26.6 Å². The van der Waals surface area contributed by atoms with Crippen molar-refractivity contribution in [2.24, 2.45) is 5.92 Å². The van der Waals surface area contributed by atoms with E-state index in [1.165, 1.54) is 16.2 Å². The van der Waals surface area contributed by atoms with Gasteiger partial charge in [-0.15, -0.1) is 23.7 Å². The molecule has 3 aliphatic carbocycles. The smallest absolute Gasteiger partial charge is 0.408 e. The fourth-order valence-corrected chi connectivity index (χ4v) is 11.5. The van der Waals surface area contributed by atoms with Gasteiger partial charge in [0.2, 0.25) is 21.8 Å². The number of hydrogen-bond acceptors (Lipinski definition) is 13. The Morgan fingerprint density at radius 1 is 1.05 bits per heavy atom.